The summed E-state index contributed by atoms with van der Waals surface area (Å²) in [7, 11) is -3.89. The third kappa shape index (κ3) is 7.88. The first-order valence-electron chi connectivity index (χ1n) is 12.1. The zero-order chi connectivity index (χ0) is 27.9. The van der Waals surface area contributed by atoms with Crippen molar-refractivity contribution < 1.29 is 22.4 Å². The van der Waals surface area contributed by atoms with Crippen molar-refractivity contribution >= 4 is 43.5 Å². The van der Waals surface area contributed by atoms with Crippen molar-refractivity contribution in [3.05, 3.63) is 100 Å². The van der Waals surface area contributed by atoms with Crippen LogP contribution in [0.25, 0.3) is 0 Å². The fourth-order valence-corrected chi connectivity index (χ4v) is 5.47. The summed E-state index contributed by atoms with van der Waals surface area (Å²) in [6, 6.07) is 20.6. The van der Waals surface area contributed by atoms with E-state index in [-0.39, 0.29) is 30.3 Å². The number of anilines is 1. The number of nitrogens with zero attached hydrogens (tertiary/aromatic N) is 2. The maximum atomic E-state index is 14.7. The Labute approximate surface area is 231 Å². The van der Waals surface area contributed by atoms with Gasteiger partial charge in [0.05, 0.1) is 11.9 Å². The molecule has 0 spiro atoms. The van der Waals surface area contributed by atoms with Crippen molar-refractivity contribution in [1.82, 2.24) is 10.2 Å². The summed E-state index contributed by atoms with van der Waals surface area (Å²) in [4.78, 5) is 28.6. The molecule has 1 atom stereocenters. The largest absolute Gasteiger partial charge is 0.352 e. The molecule has 0 bridgehead atoms. The number of benzene rings is 3. The Morgan fingerprint density at radius 1 is 0.947 bits per heavy atom. The van der Waals surface area contributed by atoms with Gasteiger partial charge in [-0.25, -0.2) is 12.8 Å². The minimum atomic E-state index is -3.89. The van der Waals surface area contributed by atoms with Crippen LogP contribution in [0.4, 0.5) is 10.1 Å². The van der Waals surface area contributed by atoms with Crippen LogP contribution in [0.1, 0.15) is 25.0 Å². The van der Waals surface area contributed by atoms with Gasteiger partial charge in [-0.05, 0) is 53.5 Å². The molecule has 0 fully saturated rings. The second kappa shape index (κ2) is 13.0. The number of carbonyl (C=O) groups excluding carboxylic acids is 2. The molecule has 0 heterocycles. The Kier molecular flexibility index (Phi) is 10.0. The number of para-hydroxylation sites is 1. The molecule has 0 aliphatic carbocycles. The van der Waals surface area contributed by atoms with E-state index in [0.717, 1.165) is 16.1 Å². The molecule has 0 saturated carbocycles. The van der Waals surface area contributed by atoms with Crippen LogP contribution in [0.15, 0.2) is 83.3 Å². The van der Waals surface area contributed by atoms with Crippen molar-refractivity contribution in [2.24, 2.45) is 0 Å². The Morgan fingerprint density at radius 3 is 2.16 bits per heavy atom. The van der Waals surface area contributed by atoms with Crippen LogP contribution in [-0.4, -0.2) is 50.0 Å². The van der Waals surface area contributed by atoms with Gasteiger partial charge in [-0.2, -0.15) is 0 Å². The molecule has 3 aromatic rings. The fraction of sp³-hybridized carbons (Fsp3) is 0.286. The standard InChI is InChI=1S/C28H31BrFN3O4S/c1-20(2)31-28(35)26(17-21-11-5-4-6-12-21)32(18-22-13-7-9-15-24(22)30)27(34)19-33(38(3,36)37)25-16-10-8-14-23(25)29/h4-16,20,26H,17-19H2,1-3H3,(H,31,35). The summed E-state index contributed by atoms with van der Waals surface area (Å²) >= 11 is 3.36. The van der Waals surface area contributed by atoms with E-state index in [2.05, 4.69) is 21.2 Å². The van der Waals surface area contributed by atoms with Crippen LogP contribution in [0.2, 0.25) is 0 Å². The van der Waals surface area contributed by atoms with Gasteiger partial charge in [-0.3, -0.25) is 13.9 Å². The second-order valence-electron chi connectivity index (χ2n) is 9.20. The average Bonchev–Trinajstić information content (AvgIpc) is 2.85. The molecule has 0 saturated heterocycles. The van der Waals surface area contributed by atoms with Gasteiger partial charge in [0.15, 0.2) is 0 Å². The number of hydrogen-bond acceptors (Lipinski definition) is 4. The highest BCUT2D eigenvalue weighted by molar-refractivity contribution is 9.10. The van der Waals surface area contributed by atoms with E-state index in [9.17, 15) is 22.4 Å². The smallest absolute Gasteiger partial charge is 0.244 e. The van der Waals surface area contributed by atoms with Crippen molar-refractivity contribution in [1.29, 1.82) is 0 Å². The number of nitrogens with one attached hydrogen (secondary N) is 1. The van der Waals surface area contributed by atoms with E-state index < -0.39 is 40.2 Å². The number of carbonyl (C=O) groups is 2. The van der Waals surface area contributed by atoms with Crippen LogP contribution in [0.3, 0.4) is 0 Å². The number of hydrogen-bond donors (Lipinski definition) is 1. The zero-order valence-corrected chi connectivity index (χ0v) is 23.9. The second-order valence-corrected chi connectivity index (χ2v) is 12.0. The van der Waals surface area contributed by atoms with Gasteiger partial charge in [0, 0.05) is 29.0 Å². The molecule has 3 rings (SSSR count). The SMILES string of the molecule is CC(C)NC(=O)C(Cc1ccccc1)N(Cc1ccccc1F)C(=O)CN(c1ccccc1Br)S(C)(=O)=O. The van der Waals surface area contributed by atoms with E-state index in [4.69, 9.17) is 0 Å². The molecule has 0 radical (unpaired) electrons. The Hall–Kier alpha value is -3.24. The molecule has 3 aromatic carbocycles. The van der Waals surface area contributed by atoms with Gasteiger partial charge in [0.25, 0.3) is 0 Å². The lowest BCUT2D eigenvalue weighted by Crippen LogP contribution is -2.54. The van der Waals surface area contributed by atoms with Gasteiger partial charge < -0.3 is 10.2 Å². The van der Waals surface area contributed by atoms with Gasteiger partial charge in [0.1, 0.15) is 18.4 Å². The highest BCUT2D eigenvalue weighted by Crippen LogP contribution is 2.28. The first kappa shape index (κ1) is 29.3. The lowest BCUT2D eigenvalue weighted by molar-refractivity contribution is -0.140. The van der Waals surface area contributed by atoms with Gasteiger partial charge in [0.2, 0.25) is 21.8 Å². The monoisotopic (exact) mass is 603 g/mol. The van der Waals surface area contributed by atoms with Gasteiger partial charge in [-0.1, -0.05) is 60.7 Å². The van der Waals surface area contributed by atoms with Crippen LogP contribution in [0, 0.1) is 5.82 Å². The average molecular weight is 605 g/mol. The third-order valence-electron chi connectivity index (χ3n) is 5.80. The fourth-order valence-electron chi connectivity index (χ4n) is 3.99. The van der Waals surface area contributed by atoms with E-state index >= 15 is 0 Å². The molecule has 1 unspecified atom stereocenters. The number of amides is 2. The predicted octanol–water partition coefficient (Wildman–Crippen LogP) is 4.52. The molecule has 2 amide bonds. The van der Waals surface area contributed by atoms with Crippen LogP contribution in [0.5, 0.6) is 0 Å². The maximum absolute atomic E-state index is 14.7. The summed E-state index contributed by atoms with van der Waals surface area (Å²) < 4.78 is 41.8. The van der Waals surface area contributed by atoms with E-state index in [1.54, 1.807) is 44.2 Å². The number of rotatable bonds is 11. The summed E-state index contributed by atoms with van der Waals surface area (Å²) in [5.74, 6) is -1.59. The maximum Gasteiger partial charge on any atom is 0.244 e. The molecule has 1 N–H and O–H groups in total. The Balaban J connectivity index is 2.08. The Morgan fingerprint density at radius 2 is 1.55 bits per heavy atom. The highest BCUT2D eigenvalue weighted by Gasteiger charge is 2.34. The lowest BCUT2D eigenvalue weighted by Gasteiger charge is -2.34. The minimum absolute atomic E-state index is 0.160. The van der Waals surface area contributed by atoms with E-state index in [1.165, 1.54) is 23.1 Å². The van der Waals surface area contributed by atoms with Crippen molar-refractivity contribution in [3.63, 3.8) is 0 Å². The van der Waals surface area contributed by atoms with Crippen molar-refractivity contribution in [2.45, 2.75) is 38.9 Å². The number of halogens is 2. The van der Waals surface area contributed by atoms with E-state index in [1.807, 2.05) is 30.3 Å². The van der Waals surface area contributed by atoms with Crippen molar-refractivity contribution in [3.8, 4) is 0 Å². The summed E-state index contributed by atoms with van der Waals surface area (Å²) in [6.07, 6.45) is 1.17. The van der Waals surface area contributed by atoms with E-state index in [0.29, 0.717) is 4.47 Å². The summed E-state index contributed by atoms with van der Waals surface area (Å²) in [5, 5.41) is 2.86. The molecule has 0 aliphatic heterocycles. The highest BCUT2D eigenvalue weighted by atomic mass is 79.9. The topological polar surface area (TPSA) is 86.8 Å². The molecule has 0 aliphatic rings. The van der Waals surface area contributed by atoms with Gasteiger partial charge >= 0.3 is 0 Å². The molecule has 0 aromatic heterocycles. The molecular formula is C28H31BrFN3O4S. The zero-order valence-electron chi connectivity index (χ0n) is 21.5. The first-order chi connectivity index (χ1) is 18.0. The van der Waals surface area contributed by atoms with Gasteiger partial charge in [-0.15, -0.1) is 0 Å². The van der Waals surface area contributed by atoms with Crippen molar-refractivity contribution in [2.75, 3.05) is 17.1 Å². The number of sulfonamides is 1. The molecule has 7 nitrogen and oxygen atoms in total. The normalized spacial score (nSPS) is 12.2. The third-order valence-corrected chi connectivity index (χ3v) is 7.60. The predicted molar refractivity (Wildman–Crippen MR) is 150 cm³/mol. The molecule has 202 valence electrons. The minimum Gasteiger partial charge on any atom is -0.352 e. The lowest BCUT2D eigenvalue weighted by atomic mass is 10.0. The molecule has 38 heavy (non-hydrogen) atoms. The van der Waals surface area contributed by atoms with Crippen LogP contribution in [-0.2, 0) is 32.6 Å². The summed E-state index contributed by atoms with van der Waals surface area (Å²) in [6.45, 7) is 2.82. The van der Waals surface area contributed by atoms with Crippen LogP contribution >= 0.6 is 15.9 Å². The quantitative estimate of drug-likeness (QED) is 0.349. The molecule has 10 heteroatoms. The summed E-state index contributed by atoms with van der Waals surface area (Å²) in [5.41, 5.74) is 1.29. The Bertz CT molecular complexity index is 1370. The van der Waals surface area contributed by atoms with Crippen LogP contribution < -0.4 is 9.62 Å². The first-order valence-corrected chi connectivity index (χ1v) is 14.7. The molecular weight excluding hydrogens is 573 g/mol.